The molecule has 2 heterocycles. The fourth-order valence-electron chi connectivity index (χ4n) is 16.1. The molecule has 1 atom stereocenters. The number of benzene rings is 7. The number of rotatable bonds is 4. The third-order valence-electron chi connectivity index (χ3n) is 21.5. The average Bonchev–Trinajstić information content (AvgIpc) is 1.54. The van der Waals surface area contributed by atoms with Gasteiger partial charge in [0.2, 0.25) is 11.8 Å². The first-order chi connectivity index (χ1) is 46.1. The van der Waals surface area contributed by atoms with Crippen molar-refractivity contribution in [3.05, 3.63) is 207 Å². The van der Waals surface area contributed by atoms with E-state index in [1.807, 2.05) is 19.4 Å². The molecule has 2 amide bonds. The first kappa shape index (κ1) is 71.4. The lowest BCUT2D eigenvalue weighted by molar-refractivity contribution is -0.115. The molecule has 1 saturated carbocycles. The number of aliphatic imine (C=N–C) groups is 2. The zero-order chi connectivity index (χ0) is 67.9. The Bertz CT molecular complexity index is 3960. The van der Waals surface area contributed by atoms with Crippen molar-refractivity contribution >= 4 is 116 Å². The van der Waals surface area contributed by atoms with E-state index in [0.717, 1.165) is 93.5 Å². The van der Waals surface area contributed by atoms with E-state index in [2.05, 4.69) is 172 Å². The van der Waals surface area contributed by atoms with Gasteiger partial charge in [0.05, 0.1) is 24.9 Å². The second-order valence-electron chi connectivity index (χ2n) is 28.5. The quantitative estimate of drug-likeness (QED) is 0.0954. The highest BCUT2D eigenvalue weighted by molar-refractivity contribution is 9.11. The summed E-state index contributed by atoms with van der Waals surface area (Å²) in [6.07, 6.45) is 35.5. The van der Waals surface area contributed by atoms with Gasteiger partial charge in [-0.05, 0) is 393 Å². The van der Waals surface area contributed by atoms with E-state index in [1.54, 1.807) is 6.92 Å². The molecule has 2 aliphatic heterocycles. The van der Waals surface area contributed by atoms with Crippen LogP contribution in [0.3, 0.4) is 0 Å². The largest absolute Gasteiger partial charge is 0.399 e. The minimum absolute atomic E-state index is 0.00560. The molecule has 506 valence electrons. The highest BCUT2D eigenvalue weighted by atomic mass is 79.9. The topological polar surface area (TPSA) is 181 Å². The number of carbonyl (C=O) groups excluding carboxylic acids is 2. The molecule has 0 bridgehead atoms. The Morgan fingerprint density at radius 3 is 1.39 bits per heavy atom. The molecule has 10 aliphatic rings. The maximum Gasteiger partial charge on any atom is 0.221 e. The zero-order valence-corrected chi connectivity index (χ0v) is 63.6. The highest BCUT2D eigenvalue weighted by Crippen LogP contribution is 2.50. The molecule has 7 aromatic rings. The molecule has 1 fully saturated rings. The minimum Gasteiger partial charge on any atom is -0.399 e. The van der Waals surface area contributed by atoms with Crippen LogP contribution in [0.1, 0.15) is 226 Å². The van der Waals surface area contributed by atoms with Gasteiger partial charge in [-0.3, -0.25) is 19.6 Å². The molecule has 0 spiro atoms. The van der Waals surface area contributed by atoms with E-state index in [-0.39, 0.29) is 23.3 Å². The van der Waals surface area contributed by atoms with Crippen molar-refractivity contribution in [2.24, 2.45) is 15.4 Å². The zero-order valence-electron chi connectivity index (χ0n) is 57.3. The number of aryl methyl sites for hydroxylation is 14. The second-order valence-corrected chi connectivity index (χ2v) is 31.8. The van der Waals surface area contributed by atoms with Crippen molar-refractivity contribution in [3.8, 4) is 0 Å². The van der Waals surface area contributed by atoms with Crippen LogP contribution < -0.4 is 27.8 Å². The number of aliphatic hydroxyl groups is 1. The molecule has 0 saturated heterocycles. The highest BCUT2D eigenvalue weighted by Gasteiger charge is 2.39. The lowest BCUT2D eigenvalue weighted by Gasteiger charge is -2.39. The van der Waals surface area contributed by atoms with Gasteiger partial charge in [0.15, 0.2) is 0 Å². The summed E-state index contributed by atoms with van der Waals surface area (Å²) in [5.74, 6) is -0.0188. The minimum atomic E-state index is -0.304. The molecule has 14 heteroatoms. The number of amides is 2. The summed E-state index contributed by atoms with van der Waals surface area (Å²) in [4.78, 5) is 30.7. The molecule has 10 nitrogen and oxygen atoms in total. The Labute approximate surface area is 604 Å². The maximum atomic E-state index is 11.3. The van der Waals surface area contributed by atoms with E-state index >= 15 is 0 Å². The van der Waals surface area contributed by atoms with Crippen molar-refractivity contribution in [2.45, 2.75) is 228 Å². The molecule has 8 aliphatic carbocycles. The van der Waals surface area contributed by atoms with Crippen LogP contribution in [0.25, 0.3) is 0 Å². The van der Waals surface area contributed by atoms with Crippen LogP contribution in [0, 0.1) is 26.2 Å². The Hall–Kier alpha value is -5.90. The number of fused-ring (bicyclic) bond motifs is 9. The van der Waals surface area contributed by atoms with Gasteiger partial charge in [-0.15, -0.1) is 0 Å². The number of aliphatic hydroxyl groups excluding tert-OH is 1. The van der Waals surface area contributed by atoms with Crippen LogP contribution >= 0.6 is 63.7 Å². The third-order valence-corrected chi connectivity index (χ3v) is 24.7. The Balaban J connectivity index is 0.000000115. The second kappa shape index (κ2) is 32.0. The van der Waals surface area contributed by atoms with Crippen LogP contribution in [-0.4, -0.2) is 29.4 Å². The van der Waals surface area contributed by atoms with E-state index in [4.69, 9.17) is 17.2 Å². The summed E-state index contributed by atoms with van der Waals surface area (Å²) in [6.45, 7) is 13.2. The van der Waals surface area contributed by atoms with Crippen molar-refractivity contribution in [2.75, 3.05) is 27.8 Å². The third kappa shape index (κ3) is 16.7. The van der Waals surface area contributed by atoms with Crippen LogP contribution in [0.4, 0.5) is 28.4 Å². The predicted octanol–water partition coefficient (Wildman–Crippen LogP) is 19.7. The van der Waals surface area contributed by atoms with Gasteiger partial charge >= 0.3 is 0 Å². The Morgan fingerprint density at radius 2 is 0.823 bits per heavy atom. The van der Waals surface area contributed by atoms with Gasteiger partial charge in [0, 0.05) is 66.9 Å². The maximum absolute atomic E-state index is 11.3. The fourth-order valence-corrected chi connectivity index (χ4v) is 18.6. The number of halogens is 4. The normalized spacial score (nSPS) is 16.9. The summed E-state index contributed by atoms with van der Waals surface area (Å²) in [5.41, 5.74) is 52.7. The van der Waals surface area contributed by atoms with E-state index < -0.39 is 0 Å². The molecule has 7 aromatic carbocycles. The lowest BCUT2D eigenvalue weighted by Crippen LogP contribution is -2.29. The molecule has 9 N–H and O–H groups in total. The van der Waals surface area contributed by atoms with Crippen LogP contribution in [0.2, 0.25) is 0 Å². The van der Waals surface area contributed by atoms with E-state index in [9.17, 15) is 14.7 Å². The van der Waals surface area contributed by atoms with Crippen LogP contribution in [0.5, 0.6) is 0 Å². The summed E-state index contributed by atoms with van der Waals surface area (Å²) in [6, 6.07) is 24.0. The van der Waals surface area contributed by atoms with Gasteiger partial charge in [-0.1, -0.05) is 60.3 Å². The molecule has 0 aromatic heterocycles. The fraction of sp³-hybridized carbons (Fsp3) is 0.439. The van der Waals surface area contributed by atoms with Crippen molar-refractivity contribution in [1.82, 2.24) is 0 Å². The van der Waals surface area contributed by atoms with Crippen LogP contribution in [-0.2, 0) is 113 Å². The summed E-state index contributed by atoms with van der Waals surface area (Å²) in [5, 5.41) is 17.0. The monoisotopic (exact) mass is 1540 g/mol. The van der Waals surface area contributed by atoms with Crippen molar-refractivity contribution in [1.29, 1.82) is 0 Å². The molecular formula is C82H97Br4N7O3. The predicted molar refractivity (Wildman–Crippen MR) is 415 cm³/mol. The number of nitrogens with one attached hydrogen (secondary N) is 2. The number of anilines is 5. The van der Waals surface area contributed by atoms with Crippen molar-refractivity contribution < 1.29 is 14.7 Å². The Kier molecular flexibility index (Phi) is 23.8. The smallest absolute Gasteiger partial charge is 0.221 e. The number of nitrogens with two attached hydrogens (primary N) is 3. The van der Waals surface area contributed by atoms with E-state index in [1.165, 1.54) is 262 Å². The van der Waals surface area contributed by atoms with Crippen molar-refractivity contribution in [3.63, 3.8) is 0 Å². The SMILES string of the molecule is Brc1c2c(cc3c1CCC3)C=NC2.CC(=O)Nc1cc2c(cc1Br)CCC2.CC(=O)Nc1cc2c(cc1C)CCC2.CC1(C(O)c2c3c(cc4c2CCC4)C=NC3)CCCCC1.Cc1cc2c(c(Br)c1N)CCC2.Cc1cc2c(cc1N)CCC2.Nc1cc2c(cc1Br)CCC2. The van der Waals surface area contributed by atoms with Gasteiger partial charge in [-0.2, -0.15) is 0 Å². The number of hydrogen-bond donors (Lipinski definition) is 6. The standard InChI is InChI=1S/C19H25NO.C12H15NO.C11H12BrNO.C11H10BrN.C10H12BrN.C10H13N.C9H10BrN/c1-19(8-3-2-4-9-19)18(21)17-15-7-5-6-13(15)10-14-11-20-12-16(14)17;1-8-6-10-4-3-5-11(10)7-12(8)13-9(2)14;1-7(14)13-11-6-9-4-2-3-8(9)5-10(11)12;12-11-9-3-1-2-7(9)4-8-5-13-6-10(8)11;1-6-5-7-3-2-4-8(7)9(11)10(6)12;1-7-5-8-3-2-4-9(8)6-10(7)11;10-8-4-6-2-1-3-7(6)5-9(8)11/h10-11,18,21H,2-9,12H2,1H3;6-7H,3-5H2,1-2H3,(H,13,14);5-6H,2-4H2,1H3,(H,13,14);4-5H,1-3,6H2;5H,2-4,12H2,1H3;5-6H,2-4,11H2,1H3;4-5H,1-3,11H2. The Morgan fingerprint density at radius 1 is 0.427 bits per heavy atom. The molecule has 1 unspecified atom stereocenters. The number of nitrogen functional groups attached to an aromatic ring is 3. The molecule has 17 rings (SSSR count). The van der Waals surface area contributed by atoms with Gasteiger partial charge < -0.3 is 32.9 Å². The first-order valence-electron chi connectivity index (χ1n) is 35.3. The molecule has 96 heavy (non-hydrogen) atoms. The molecular weight excluding hydrogens is 1450 g/mol. The molecule has 0 radical (unpaired) electrons. The van der Waals surface area contributed by atoms with Crippen LogP contribution in [0.15, 0.2) is 94.6 Å². The summed E-state index contributed by atoms with van der Waals surface area (Å²) >= 11 is 14.1. The number of nitrogens with zero attached hydrogens (tertiary/aromatic N) is 2. The number of hydrogen-bond acceptors (Lipinski definition) is 8. The lowest BCUT2D eigenvalue weighted by atomic mass is 9.68. The first-order valence-corrected chi connectivity index (χ1v) is 38.5. The number of carbonyl (C=O) groups is 2. The average molecular weight is 1550 g/mol. The van der Waals surface area contributed by atoms with Gasteiger partial charge in [-0.25, -0.2) is 0 Å². The van der Waals surface area contributed by atoms with E-state index in [0.29, 0.717) is 0 Å². The van der Waals surface area contributed by atoms with Gasteiger partial charge in [0.25, 0.3) is 0 Å². The summed E-state index contributed by atoms with van der Waals surface area (Å²) < 4.78 is 4.48. The summed E-state index contributed by atoms with van der Waals surface area (Å²) in [7, 11) is 0. The van der Waals surface area contributed by atoms with Gasteiger partial charge in [0.1, 0.15) is 0 Å².